The summed E-state index contributed by atoms with van der Waals surface area (Å²) in [6.45, 7) is 0. The van der Waals surface area contributed by atoms with Crippen molar-refractivity contribution >= 4 is 33.2 Å². The molecule has 0 bridgehead atoms. The fraction of sp³-hybridized carbons (Fsp3) is 0.0526. The highest BCUT2D eigenvalue weighted by Crippen LogP contribution is 2.39. The molecule has 0 aliphatic rings. The molecule has 25 heavy (non-hydrogen) atoms. The number of rotatable bonds is 4. The van der Waals surface area contributed by atoms with Crippen molar-refractivity contribution in [3.05, 3.63) is 65.3 Å². The Morgan fingerprint density at radius 2 is 1.80 bits per heavy atom. The van der Waals surface area contributed by atoms with E-state index in [1.807, 2.05) is 48.5 Å². The zero-order chi connectivity index (χ0) is 17.2. The van der Waals surface area contributed by atoms with E-state index in [1.54, 1.807) is 18.4 Å². The van der Waals surface area contributed by atoms with Crippen molar-refractivity contribution in [3.63, 3.8) is 0 Å². The summed E-state index contributed by atoms with van der Waals surface area (Å²) in [5.41, 5.74) is 2.07. The molecule has 0 aliphatic heterocycles. The number of benzene rings is 2. The van der Waals surface area contributed by atoms with Crippen LogP contribution in [0.25, 0.3) is 21.3 Å². The topological polar surface area (TPSA) is 44.2 Å². The minimum absolute atomic E-state index is 0.518. The Bertz CT molecular complexity index is 1030. The van der Waals surface area contributed by atoms with E-state index in [-0.39, 0.29) is 0 Å². The van der Waals surface area contributed by atoms with E-state index in [0.717, 1.165) is 27.1 Å². The lowest BCUT2D eigenvalue weighted by atomic mass is 10.1. The van der Waals surface area contributed by atoms with Gasteiger partial charge in [-0.1, -0.05) is 29.8 Å². The van der Waals surface area contributed by atoms with Gasteiger partial charge in [-0.15, -0.1) is 11.3 Å². The number of aromatic nitrogens is 2. The molecule has 0 N–H and O–H groups in total. The van der Waals surface area contributed by atoms with Crippen molar-refractivity contribution in [2.75, 3.05) is 7.11 Å². The molecule has 0 atom stereocenters. The van der Waals surface area contributed by atoms with Gasteiger partial charge in [0.1, 0.15) is 22.7 Å². The summed E-state index contributed by atoms with van der Waals surface area (Å²) in [5, 5.41) is 3.64. The van der Waals surface area contributed by atoms with Crippen LogP contribution in [-0.4, -0.2) is 17.1 Å². The molecule has 0 saturated carbocycles. The van der Waals surface area contributed by atoms with Gasteiger partial charge < -0.3 is 9.47 Å². The summed E-state index contributed by atoms with van der Waals surface area (Å²) >= 11 is 7.56. The summed E-state index contributed by atoms with van der Waals surface area (Å²) in [4.78, 5) is 9.57. The van der Waals surface area contributed by atoms with Crippen LogP contribution in [0.3, 0.4) is 0 Å². The van der Waals surface area contributed by atoms with E-state index in [9.17, 15) is 0 Å². The Morgan fingerprint density at radius 1 is 1.00 bits per heavy atom. The standard InChI is InChI=1S/C19H13ClN2O2S/c1-23-14-3-2-4-15(9-14)24-18-17-16(10-25-19(17)22-11-21-18)12-5-7-13(20)8-6-12/h2-11H,1H3. The number of ether oxygens (including phenoxy) is 2. The first-order valence-corrected chi connectivity index (χ1v) is 8.80. The molecule has 4 aromatic rings. The lowest BCUT2D eigenvalue weighted by molar-refractivity contribution is 0.408. The van der Waals surface area contributed by atoms with Gasteiger partial charge in [0.05, 0.1) is 12.5 Å². The van der Waals surface area contributed by atoms with Crippen molar-refractivity contribution in [2.45, 2.75) is 0 Å². The van der Waals surface area contributed by atoms with Gasteiger partial charge in [0.15, 0.2) is 0 Å². The van der Waals surface area contributed by atoms with Crippen LogP contribution in [0.1, 0.15) is 0 Å². The third-order valence-corrected chi connectivity index (χ3v) is 4.88. The van der Waals surface area contributed by atoms with Gasteiger partial charge in [-0.2, -0.15) is 0 Å². The first kappa shape index (κ1) is 15.9. The molecule has 0 amide bonds. The molecule has 0 fully saturated rings. The Labute approximate surface area is 153 Å². The Morgan fingerprint density at radius 3 is 2.60 bits per heavy atom. The van der Waals surface area contributed by atoms with Crippen LogP contribution in [0.4, 0.5) is 0 Å². The minimum Gasteiger partial charge on any atom is -0.497 e. The second-order valence-corrected chi connectivity index (χ2v) is 6.59. The number of nitrogens with zero attached hydrogens (tertiary/aromatic N) is 2. The van der Waals surface area contributed by atoms with Gasteiger partial charge in [-0.3, -0.25) is 0 Å². The zero-order valence-electron chi connectivity index (χ0n) is 13.3. The minimum atomic E-state index is 0.518. The summed E-state index contributed by atoms with van der Waals surface area (Å²) in [6.07, 6.45) is 1.51. The Kier molecular flexibility index (Phi) is 4.26. The van der Waals surface area contributed by atoms with E-state index in [2.05, 4.69) is 15.3 Å². The predicted octanol–water partition coefficient (Wildman–Crippen LogP) is 5.81. The fourth-order valence-electron chi connectivity index (χ4n) is 2.54. The number of halogens is 1. The highest BCUT2D eigenvalue weighted by atomic mass is 35.5. The molecular weight excluding hydrogens is 356 g/mol. The fourth-order valence-corrected chi connectivity index (χ4v) is 3.58. The average molecular weight is 369 g/mol. The van der Waals surface area contributed by atoms with E-state index < -0.39 is 0 Å². The largest absolute Gasteiger partial charge is 0.497 e. The molecule has 0 aliphatic carbocycles. The van der Waals surface area contributed by atoms with Crippen molar-refractivity contribution in [2.24, 2.45) is 0 Å². The highest BCUT2D eigenvalue weighted by Gasteiger charge is 2.15. The maximum atomic E-state index is 6.03. The van der Waals surface area contributed by atoms with Gasteiger partial charge in [-0.05, 0) is 29.8 Å². The van der Waals surface area contributed by atoms with Gasteiger partial charge in [0, 0.05) is 22.0 Å². The van der Waals surface area contributed by atoms with Crippen LogP contribution in [0.15, 0.2) is 60.2 Å². The van der Waals surface area contributed by atoms with Crippen molar-refractivity contribution in [3.8, 4) is 28.5 Å². The first-order valence-electron chi connectivity index (χ1n) is 7.54. The van der Waals surface area contributed by atoms with Gasteiger partial charge in [-0.25, -0.2) is 9.97 Å². The van der Waals surface area contributed by atoms with Gasteiger partial charge in [0.2, 0.25) is 5.88 Å². The quantitative estimate of drug-likeness (QED) is 0.455. The molecule has 0 unspecified atom stereocenters. The summed E-state index contributed by atoms with van der Waals surface area (Å²) < 4.78 is 11.3. The number of methoxy groups -OCH3 is 1. The van der Waals surface area contributed by atoms with Crippen LogP contribution in [-0.2, 0) is 0 Å². The monoisotopic (exact) mass is 368 g/mol. The maximum Gasteiger partial charge on any atom is 0.231 e. The number of hydrogen-bond acceptors (Lipinski definition) is 5. The van der Waals surface area contributed by atoms with Crippen LogP contribution >= 0.6 is 22.9 Å². The second-order valence-electron chi connectivity index (χ2n) is 5.30. The Hall–Kier alpha value is -2.63. The average Bonchev–Trinajstić information content (AvgIpc) is 3.08. The van der Waals surface area contributed by atoms with Crippen LogP contribution in [0, 0.1) is 0 Å². The summed E-state index contributed by atoms with van der Waals surface area (Å²) in [5.74, 6) is 1.91. The van der Waals surface area contributed by atoms with E-state index in [0.29, 0.717) is 16.7 Å². The first-order chi connectivity index (χ1) is 12.2. The molecule has 4 rings (SSSR count). The zero-order valence-corrected chi connectivity index (χ0v) is 14.8. The molecule has 2 aromatic carbocycles. The lowest BCUT2D eigenvalue weighted by Crippen LogP contribution is -1.91. The SMILES string of the molecule is COc1cccc(Oc2ncnc3scc(-c4ccc(Cl)cc4)c23)c1. The molecule has 4 nitrogen and oxygen atoms in total. The van der Waals surface area contributed by atoms with Crippen LogP contribution in [0.2, 0.25) is 5.02 Å². The van der Waals surface area contributed by atoms with Crippen molar-refractivity contribution < 1.29 is 9.47 Å². The highest BCUT2D eigenvalue weighted by molar-refractivity contribution is 7.17. The summed E-state index contributed by atoms with van der Waals surface area (Å²) in [6, 6.07) is 15.1. The van der Waals surface area contributed by atoms with E-state index >= 15 is 0 Å². The second kappa shape index (κ2) is 6.70. The molecular formula is C19H13ClN2O2S. The van der Waals surface area contributed by atoms with Crippen molar-refractivity contribution in [1.82, 2.24) is 9.97 Å². The summed E-state index contributed by atoms with van der Waals surface area (Å²) in [7, 11) is 1.62. The number of hydrogen-bond donors (Lipinski definition) is 0. The van der Waals surface area contributed by atoms with Gasteiger partial charge >= 0.3 is 0 Å². The van der Waals surface area contributed by atoms with Crippen LogP contribution in [0.5, 0.6) is 17.4 Å². The number of fused-ring (bicyclic) bond motifs is 1. The molecule has 2 aromatic heterocycles. The molecule has 124 valence electrons. The molecule has 0 saturated heterocycles. The molecule has 0 spiro atoms. The predicted molar refractivity (Wildman–Crippen MR) is 101 cm³/mol. The van der Waals surface area contributed by atoms with Gasteiger partial charge in [0.25, 0.3) is 0 Å². The third-order valence-electron chi connectivity index (χ3n) is 3.75. The molecule has 2 heterocycles. The molecule has 0 radical (unpaired) electrons. The van der Waals surface area contributed by atoms with E-state index in [1.165, 1.54) is 6.33 Å². The van der Waals surface area contributed by atoms with E-state index in [4.69, 9.17) is 21.1 Å². The van der Waals surface area contributed by atoms with Crippen LogP contribution < -0.4 is 9.47 Å². The Balaban J connectivity index is 1.81. The third kappa shape index (κ3) is 3.16. The maximum absolute atomic E-state index is 6.03. The normalized spacial score (nSPS) is 10.8. The molecule has 6 heteroatoms. The smallest absolute Gasteiger partial charge is 0.231 e. The van der Waals surface area contributed by atoms with Crippen molar-refractivity contribution in [1.29, 1.82) is 0 Å². The number of thiophene rings is 1. The lowest BCUT2D eigenvalue weighted by Gasteiger charge is -2.08.